The second kappa shape index (κ2) is 8.26. The first-order valence-electron chi connectivity index (χ1n) is 7.88. The van der Waals surface area contributed by atoms with Gasteiger partial charge in [-0.1, -0.05) is 6.07 Å². The molecule has 0 radical (unpaired) electrons. The van der Waals surface area contributed by atoms with E-state index in [2.05, 4.69) is 20.4 Å². The summed E-state index contributed by atoms with van der Waals surface area (Å²) in [4.78, 5) is 29.3. The number of carbonyl (C=O) groups excluding carboxylic acids is 2. The molecule has 0 spiro atoms. The minimum absolute atomic E-state index is 0.208. The van der Waals surface area contributed by atoms with Crippen LogP contribution >= 0.6 is 11.3 Å². The highest BCUT2D eigenvalue weighted by Crippen LogP contribution is 2.19. The Kier molecular flexibility index (Phi) is 5.60. The van der Waals surface area contributed by atoms with Crippen molar-refractivity contribution in [2.45, 2.75) is 6.54 Å². The normalized spacial score (nSPS) is 10.2. The first kappa shape index (κ1) is 17.6. The summed E-state index contributed by atoms with van der Waals surface area (Å²) in [5.74, 6) is -0.162. The van der Waals surface area contributed by atoms with Crippen LogP contribution in [0.5, 0.6) is 0 Å². The lowest BCUT2D eigenvalue weighted by Crippen LogP contribution is -2.23. The molecule has 2 heterocycles. The van der Waals surface area contributed by atoms with E-state index in [-0.39, 0.29) is 5.91 Å². The molecule has 0 saturated carbocycles. The van der Waals surface area contributed by atoms with Crippen molar-refractivity contribution < 1.29 is 14.3 Å². The molecule has 132 valence electrons. The molecule has 26 heavy (non-hydrogen) atoms. The number of carbonyl (C=O) groups is 2. The largest absolute Gasteiger partial charge is 0.465 e. The number of aromatic nitrogens is 1. The SMILES string of the molecule is COC(=O)c1ccc(Nc2ncccc2C(=O)NCc2cccs2)cc1. The van der Waals surface area contributed by atoms with Crippen molar-refractivity contribution in [3.8, 4) is 0 Å². The zero-order valence-corrected chi connectivity index (χ0v) is 14.9. The van der Waals surface area contributed by atoms with Crippen LogP contribution in [0.1, 0.15) is 25.6 Å². The van der Waals surface area contributed by atoms with Crippen LogP contribution in [0.15, 0.2) is 60.1 Å². The molecule has 1 aromatic carbocycles. The molecule has 0 aliphatic heterocycles. The Morgan fingerprint density at radius 1 is 1.12 bits per heavy atom. The zero-order valence-electron chi connectivity index (χ0n) is 14.1. The number of ether oxygens (including phenoxy) is 1. The van der Waals surface area contributed by atoms with Crippen molar-refractivity contribution in [3.05, 3.63) is 76.1 Å². The number of nitrogens with one attached hydrogen (secondary N) is 2. The van der Waals surface area contributed by atoms with Crippen LogP contribution in [0.25, 0.3) is 0 Å². The van der Waals surface area contributed by atoms with Gasteiger partial charge in [-0.05, 0) is 47.8 Å². The van der Waals surface area contributed by atoms with Gasteiger partial charge in [0.2, 0.25) is 0 Å². The first-order chi connectivity index (χ1) is 12.7. The van der Waals surface area contributed by atoms with Crippen molar-refractivity contribution >= 4 is 34.7 Å². The minimum Gasteiger partial charge on any atom is -0.465 e. The molecule has 7 heteroatoms. The van der Waals surface area contributed by atoms with E-state index in [1.54, 1.807) is 53.9 Å². The monoisotopic (exact) mass is 367 g/mol. The van der Waals surface area contributed by atoms with E-state index >= 15 is 0 Å². The average molecular weight is 367 g/mol. The predicted octanol–water partition coefficient (Wildman–Crippen LogP) is 3.60. The van der Waals surface area contributed by atoms with Gasteiger partial charge in [0.25, 0.3) is 5.91 Å². The van der Waals surface area contributed by atoms with Crippen LogP contribution < -0.4 is 10.6 Å². The minimum atomic E-state index is -0.400. The highest BCUT2D eigenvalue weighted by Gasteiger charge is 2.13. The van der Waals surface area contributed by atoms with E-state index in [0.29, 0.717) is 29.2 Å². The molecule has 3 aromatic rings. The second-order valence-corrected chi connectivity index (χ2v) is 6.39. The summed E-state index contributed by atoms with van der Waals surface area (Å²) in [6.45, 7) is 0.471. The summed E-state index contributed by atoms with van der Waals surface area (Å²) in [6.07, 6.45) is 1.61. The number of hydrogen-bond donors (Lipinski definition) is 2. The van der Waals surface area contributed by atoms with E-state index in [9.17, 15) is 9.59 Å². The summed E-state index contributed by atoms with van der Waals surface area (Å²) in [5, 5.41) is 7.97. The van der Waals surface area contributed by atoms with Crippen LogP contribution in [-0.2, 0) is 11.3 Å². The maximum absolute atomic E-state index is 12.5. The van der Waals surface area contributed by atoms with Gasteiger partial charge in [0.15, 0.2) is 0 Å². The van der Waals surface area contributed by atoms with Gasteiger partial charge in [-0.15, -0.1) is 11.3 Å². The predicted molar refractivity (Wildman–Crippen MR) is 101 cm³/mol. The van der Waals surface area contributed by atoms with E-state index in [0.717, 1.165) is 4.88 Å². The smallest absolute Gasteiger partial charge is 0.337 e. The van der Waals surface area contributed by atoms with Crippen LogP contribution in [-0.4, -0.2) is 24.0 Å². The van der Waals surface area contributed by atoms with Crippen LogP contribution in [0.4, 0.5) is 11.5 Å². The number of methoxy groups -OCH3 is 1. The van der Waals surface area contributed by atoms with Gasteiger partial charge in [-0.25, -0.2) is 9.78 Å². The number of thiophene rings is 1. The number of benzene rings is 1. The molecule has 3 rings (SSSR count). The third kappa shape index (κ3) is 4.25. The Bertz CT molecular complexity index is 893. The maximum atomic E-state index is 12.5. The Hall–Kier alpha value is -3.19. The number of hydrogen-bond acceptors (Lipinski definition) is 6. The van der Waals surface area contributed by atoms with Crippen LogP contribution in [0.3, 0.4) is 0 Å². The Morgan fingerprint density at radius 2 is 1.92 bits per heavy atom. The number of esters is 1. The molecule has 0 aliphatic carbocycles. The fourth-order valence-corrected chi connectivity index (χ4v) is 2.95. The van der Waals surface area contributed by atoms with Gasteiger partial charge in [-0.2, -0.15) is 0 Å². The second-order valence-electron chi connectivity index (χ2n) is 5.36. The number of anilines is 2. The van der Waals surface area contributed by atoms with Gasteiger partial charge in [0, 0.05) is 16.8 Å². The van der Waals surface area contributed by atoms with E-state index in [4.69, 9.17) is 0 Å². The van der Waals surface area contributed by atoms with Crippen molar-refractivity contribution in [1.82, 2.24) is 10.3 Å². The summed E-state index contributed by atoms with van der Waals surface area (Å²) in [7, 11) is 1.34. The Balaban J connectivity index is 1.72. The molecule has 2 N–H and O–H groups in total. The van der Waals surface area contributed by atoms with Gasteiger partial charge in [0.05, 0.1) is 24.8 Å². The fraction of sp³-hybridized carbons (Fsp3) is 0.105. The van der Waals surface area contributed by atoms with E-state index < -0.39 is 5.97 Å². The fourth-order valence-electron chi connectivity index (χ4n) is 2.31. The van der Waals surface area contributed by atoms with Crippen molar-refractivity contribution in [2.24, 2.45) is 0 Å². The third-order valence-electron chi connectivity index (χ3n) is 3.62. The number of rotatable bonds is 6. The lowest BCUT2D eigenvalue weighted by atomic mass is 10.2. The Morgan fingerprint density at radius 3 is 2.62 bits per heavy atom. The molecule has 2 aromatic heterocycles. The molecule has 0 unspecified atom stereocenters. The highest BCUT2D eigenvalue weighted by atomic mass is 32.1. The van der Waals surface area contributed by atoms with Gasteiger partial charge in [-0.3, -0.25) is 4.79 Å². The lowest BCUT2D eigenvalue weighted by Gasteiger charge is -2.11. The van der Waals surface area contributed by atoms with Crippen LogP contribution in [0, 0.1) is 0 Å². The summed E-state index contributed by atoms with van der Waals surface area (Å²) in [6, 6.07) is 14.1. The van der Waals surface area contributed by atoms with Gasteiger partial charge < -0.3 is 15.4 Å². The summed E-state index contributed by atoms with van der Waals surface area (Å²) in [5.41, 5.74) is 1.61. The quantitative estimate of drug-likeness (QED) is 0.651. The summed E-state index contributed by atoms with van der Waals surface area (Å²) < 4.78 is 4.68. The zero-order chi connectivity index (χ0) is 18.4. The summed E-state index contributed by atoms with van der Waals surface area (Å²) >= 11 is 1.59. The number of amides is 1. The molecule has 1 amide bonds. The third-order valence-corrected chi connectivity index (χ3v) is 4.50. The lowest BCUT2D eigenvalue weighted by molar-refractivity contribution is 0.0600. The van der Waals surface area contributed by atoms with Crippen LogP contribution in [0.2, 0.25) is 0 Å². The molecule has 0 aliphatic rings. The topological polar surface area (TPSA) is 80.3 Å². The van der Waals surface area contributed by atoms with Gasteiger partial charge in [0.1, 0.15) is 5.82 Å². The molecule has 0 bridgehead atoms. The molecule has 0 fully saturated rings. The molecule has 6 nitrogen and oxygen atoms in total. The average Bonchev–Trinajstić information content (AvgIpc) is 3.20. The maximum Gasteiger partial charge on any atom is 0.337 e. The first-order valence-corrected chi connectivity index (χ1v) is 8.76. The van der Waals surface area contributed by atoms with Gasteiger partial charge >= 0.3 is 5.97 Å². The Labute approximate surface area is 154 Å². The number of pyridine rings is 1. The molecule has 0 atom stereocenters. The van der Waals surface area contributed by atoms with Crippen molar-refractivity contribution in [2.75, 3.05) is 12.4 Å². The highest BCUT2D eigenvalue weighted by molar-refractivity contribution is 7.09. The van der Waals surface area contributed by atoms with E-state index in [1.165, 1.54) is 7.11 Å². The van der Waals surface area contributed by atoms with E-state index in [1.807, 2.05) is 17.5 Å². The van der Waals surface area contributed by atoms with Crippen molar-refractivity contribution in [1.29, 1.82) is 0 Å². The van der Waals surface area contributed by atoms with Crippen molar-refractivity contribution in [3.63, 3.8) is 0 Å². The molecule has 0 saturated heterocycles. The molecular formula is C19H17N3O3S. The number of nitrogens with zero attached hydrogens (tertiary/aromatic N) is 1. The standard InChI is InChI=1S/C19H17N3O3S/c1-25-19(24)13-6-8-14(9-7-13)22-17-16(5-2-10-20-17)18(23)21-12-15-4-3-11-26-15/h2-11H,12H2,1H3,(H,20,22)(H,21,23). The molecular weight excluding hydrogens is 350 g/mol.